The van der Waals surface area contributed by atoms with E-state index in [0.717, 1.165) is 11.1 Å². The lowest BCUT2D eigenvalue weighted by atomic mass is 10.2. The average molecular weight is 457 g/mol. The van der Waals surface area contributed by atoms with Gasteiger partial charge < -0.3 is 5.32 Å². The first-order valence-corrected chi connectivity index (χ1v) is 12.1. The van der Waals surface area contributed by atoms with E-state index in [1.54, 1.807) is 0 Å². The first kappa shape index (κ1) is 25.1. The van der Waals surface area contributed by atoms with Crippen molar-refractivity contribution in [2.45, 2.75) is 44.2 Å². The zero-order valence-electron chi connectivity index (χ0n) is 17.1. The van der Waals surface area contributed by atoms with Crippen LogP contribution >= 0.6 is 7.37 Å². The number of carbonyl (C=O) groups excluding carboxylic acids is 1. The quantitative estimate of drug-likeness (QED) is 0.177. The van der Waals surface area contributed by atoms with Gasteiger partial charge >= 0.3 is 12.1 Å². The van der Waals surface area contributed by atoms with Gasteiger partial charge in [-0.1, -0.05) is 73.5 Å². The van der Waals surface area contributed by atoms with Gasteiger partial charge in [0.2, 0.25) is 7.37 Å². The van der Waals surface area contributed by atoms with E-state index in [2.05, 4.69) is 0 Å². The minimum absolute atomic E-state index is 0.0287. The van der Waals surface area contributed by atoms with Gasteiger partial charge in [-0.05, 0) is 24.0 Å². The molecule has 0 aromatic heterocycles. The fraction of sp³-hybridized carbons (Fsp3) is 0.409. The molecule has 5 nitrogen and oxygen atoms in total. The van der Waals surface area contributed by atoms with E-state index in [1.807, 2.05) is 66.0 Å². The summed E-state index contributed by atoms with van der Waals surface area (Å²) in [5.41, 5.74) is 1.79. The maximum absolute atomic E-state index is 13.4. The third-order valence-electron chi connectivity index (χ3n) is 4.42. The molecule has 2 aromatic carbocycles. The summed E-state index contributed by atoms with van der Waals surface area (Å²) in [6, 6.07) is 18.8. The number of carbonyl (C=O) groups is 1. The summed E-state index contributed by atoms with van der Waals surface area (Å²) in [5, 5.41) is 1.83. The fourth-order valence-electron chi connectivity index (χ4n) is 2.91. The Morgan fingerprint density at radius 3 is 1.87 bits per heavy atom. The zero-order chi connectivity index (χ0) is 22.6. The molecule has 0 aliphatic heterocycles. The number of unbranched alkanes of at least 4 members (excludes halogenated alkanes) is 3. The Hall–Kier alpha value is -2.15. The van der Waals surface area contributed by atoms with Gasteiger partial charge in [0.05, 0.1) is 18.9 Å². The average Bonchev–Trinajstić information content (AvgIpc) is 2.73. The summed E-state index contributed by atoms with van der Waals surface area (Å²) in [7, 11) is -3.13. The van der Waals surface area contributed by atoms with E-state index >= 15 is 0 Å². The second kappa shape index (κ2) is 12.6. The monoisotopic (exact) mass is 457 g/mol. The predicted molar refractivity (Wildman–Crippen MR) is 112 cm³/mol. The number of hydrogen-bond acceptors (Lipinski definition) is 4. The van der Waals surface area contributed by atoms with Gasteiger partial charge in [0.25, 0.3) is 0 Å². The molecule has 2 aromatic rings. The van der Waals surface area contributed by atoms with Crippen LogP contribution in [0.15, 0.2) is 60.7 Å². The summed E-state index contributed by atoms with van der Waals surface area (Å²) >= 11 is 0. The lowest BCUT2D eigenvalue weighted by molar-refractivity contribution is -0.206. The van der Waals surface area contributed by atoms with Gasteiger partial charge in [-0.15, -0.1) is 0 Å². The van der Waals surface area contributed by atoms with Crippen molar-refractivity contribution in [2.24, 2.45) is 0 Å². The highest BCUT2D eigenvalue weighted by Gasteiger charge is 2.38. The molecule has 31 heavy (non-hydrogen) atoms. The van der Waals surface area contributed by atoms with Crippen LogP contribution in [0.3, 0.4) is 0 Å². The molecule has 9 heteroatoms. The van der Waals surface area contributed by atoms with Crippen molar-refractivity contribution in [1.29, 1.82) is 0 Å². The highest BCUT2D eigenvalue weighted by molar-refractivity contribution is 7.57. The molecule has 0 spiro atoms. The Morgan fingerprint density at radius 2 is 1.35 bits per heavy atom. The van der Waals surface area contributed by atoms with Gasteiger partial charge in [-0.25, -0.2) is 4.89 Å². The number of benzene rings is 2. The summed E-state index contributed by atoms with van der Waals surface area (Å²) in [4.78, 5) is 15.9. The Bertz CT molecular complexity index is 786. The third kappa shape index (κ3) is 10.1. The van der Waals surface area contributed by atoms with E-state index in [9.17, 15) is 22.5 Å². The van der Waals surface area contributed by atoms with E-state index in [1.165, 1.54) is 0 Å². The number of halogens is 3. The zero-order valence-corrected chi connectivity index (χ0v) is 18.0. The van der Waals surface area contributed by atoms with Crippen molar-refractivity contribution in [3.63, 3.8) is 0 Å². The van der Waals surface area contributed by atoms with E-state index in [-0.39, 0.29) is 25.5 Å². The molecule has 0 fully saturated rings. The SMILES string of the molecule is O=C(NCCCCCCOOP(=O)(Cc1ccccc1)Cc1ccccc1)C(F)(F)F. The van der Waals surface area contributed by atoms with Crippen LogP contribution in [0.4, 0.5) is 13.2 Å². The second-order valence-corrected chi connectivity index (χ2v) is 9.58. The Kier molecular flexibility index (Phi) is 10.2. The Labute approximate surface area is 180 Å². The minimum Gasteiger partial charge on any atom is -0.348 e. The van der Waals surface area contributed by atoms with Crippen molar-refractivity contribution >= 4 is 13.3 Å². The predicted octanol–water partition coefficient (Wildman–Crippen LogP) is 5.85. The highest BCUT2D eigenvalue weighted by atomic mass is 31.2. The molecular formula is C22H27F3NO4P. The molecule has 1 N–H and O–H groups in total. The topological polar surface area (TPSA) is 64.6 Å². The normalized spacial score (nSPS) is 12.0. The largest absolute Gasteiger partial charge is 0.471 e. The van der Waals surface area contributed by atoms with Crippen LogP contribution in [-0.2, 0) is 31.2 Å². The van der Waals surface area contributed by atoms with Crippen molar-refractivity contribution in [2.75, 3.05) is 13.2 Å². The van der Waals surface area contributed by atoms with Gasteiger partial charge in [-0.3, -0.25) is 9.36 Å². The third-order valence-corrected chi connectivity index (χ3v) is 6.49. The number of nitrogens with one attached hydrogen (secondary N) is 1. The molecule has 0 saturated carbocycles. The van der Waals surface area contributed by atoms with Gasteiger partial charge in [-0.2, -0.15) is 17.8 Å². The van der Waals surface area contributed by atoms with Crippen molar-refractivity contribution in [3.8, 4) is 0 Å². The number of rotatable bonds is 13. The van der Waals surface area contributed by atoms with Crippen LogP contribution in [0.1, 0.15) is 36.8 Å². The van der Waals surface area contributed by atoms with Gasteiger partial charge in [0.15, 0.2) is 0 Å². The van der Waals surface area contributed by atoms with Crippen molar-refractivity contribution < 1.29 is 32.1 Å². The molecule has 0 atom stereocenters. The molecule has 0 aliphatic carbocycles. The second-order valence-electron chi connectivity index (χ2n) is 7.17. The highest BCUT2D eigenvalue weighted by Crippen LogP contribution is 2.53. The van der Waals surface area contributed by atoms with E-state index in [4.69, 9.17) is 9.56 Å². The molecule has 0 unspecified atom stereocenters. The fourth-order valence-corrected chi connectivity index (χ4v) is 4.92. The maximum Gasteiger partial charge on any atom is 0.471 e. The molecule has 0 bridgehead atoms. The first-order valence-electron chi connectivity index (χ1n) is 10.1. The van der Waals surface area contributed by atoms with Crippen molar-refractivity contribution in [3.05, 3.63) is 71.8 Å². The maximum atomic E-state index is 13.4. The molecule has 1 amide bonds. The van der Waals surface area contributed by atoms with Gasteiger partial charge in [0, 0.05) is 6.54 Å². The molecule has 0 heterocycles. The molecular weight excluding hydrogens is 430 g/mol. The summed E-state index contributed by atoms with van der Waals surface area (Å²) in [6.45, 7) is 0.196. The lowest BCUT2D eigenvalue weighted by Gasteiger charge is -2.18. The van der Waals surface area contributed by atoms with Gasteiger partial charge in [0.1, 0.15) is 0 Å². The lowest BCUT2D eigenvalue weighted by Crippen LogP contribution is -2.37. The minimum atomic E-state index is -4.85. The van der Waals surface area contributed by atoms with Crippen LogP contribution in [-0.4, -0.2) is 25.2 Å². The molecule has 0 radical (unpaired) electrons. The molecule has 0 aliphatic rings. The number of hydrogen-bond donors (Lipinski definition) is 1. The molecule has 170 valence electrons. The van der Waals surface area contributed by atoms with Crippen LogP contribution in [0.2, 0.25) is 0 Å². The van der Waals surface area contributed by atoms with Crippen molar-refractivity contribution in [1.82, 2.24) is 5.32 Å². The first-order chi connectivity index (χ1) is 14.8. The van der Waals surface area contributed by atoms with E-state index in [0.29, 0.717) is 25.7 Å². The number of alkyl halides is 3. The van der Waals surface area contributed by atoms with Crippen LogP contribution in [0, 0.1) is 0 Å². The van der Waals surface area contributed by atoms with E-state index < -0.39 is 19.5 Å². The Balaban J connectivity index is 1.71. The number of amides is 1. The smallest absolute Gasteiger partial charge is 0.348 e. The Morgan fingerprint density at radius 1 is 0.839 bits per heavy atom. The summed E-state index contributed by atoms with van der Waals surface area (Å²) in [6.07, 6.45) is -1.99. The van der Waals surface area contributed by atoms with Crippen LogP contribution in [0.5, 0.6) is 0 Å². The molecule has 0 saturated heterocycles. The van der Waals surface area contributed by atoms with Crippen LogP contribution in [0.25, 0.3) is 0 Å². The summed E-state index contributed by atoms with van der Waals surface area (Å²) in [5.74, 6) is -1.92. The van der Waals surface area contributed by atoms with Crippen LogP contribution < -0.4 is 5.32 Å². The standard InChI is InChI=1S/C22H27F3NO4P/c23-22(24,25)21(27)26-15-9-1-2-10-16-29-30-31(28,17-19-11-5-3-6-12-19)18-20-13-7-4-8-14-20/h3-8,11-14H,1-2,9-10,15-18H2,(H,26,27). The summed E-state index contributed by atoms with van der Waals surface area (Å²) < 4.78 is 55.0. The molecule has 2 rings (SSSR count).